The van der Waals surface area contributed by atoms with E-state index in [2.05, 4.69) is 27.3 Å². The maximum absolute atomic E-state index is 14.4. The molecule has 7 heteroatoms. The Hall–Kier alpha value is -3.03. The minimum atomic E-state index is -0.495. The van der Waals surface area contributed by atoms with E-state index in [1.807, 2.05) is 24.3 Å². The Labute approximate surface area is 175 Å². The second-order valence-electron chi connectivity index (χ2n) is 7.66. The van der Waals surface area contributed by atoms with Gasteiger partial charge in [0.15, 0.2) is 0 Å². The molecule has 6 nitrogen and oxygen atoms in total. The molecule has 0 aliphatic carbocycles. The van der Waals surface area contributed by atoms with E-state index >= 15 is 0 Å². The molecule has 30 heavy (non-hydrogen) atoms. The Bertz CT molecular complexity index is 979. The molecule has 0 atom stereocenters. The van der Waals surface area contributed by atoms with Crippen molar-refractivity contribution in [1.82, 2.24) is 19.6 Å². The molecule has 0 radical (unpaired) electrons. The van der Waals surface area contributed by atoms with Gasteiger partial charge in [0.05, 0.1) is 0 Å². The van der Waals surface area contributed by atoms with Crippen molar-refractivity contribution >= 4 is 11.6 Å². The van der Waals surface area contributed by atoms with E-state index in [0.29, 0.717) is 11.4 Å². The largest absolute Gasteiger partial charge is 0.322 e. The van der Waals surface area contributed by atoms with Gasteiger partial charge in [0.25, 0.3) is 5.91 Å². The molecule has 1 fully saturated rings. The second kappa shape index (κ2) is 9.19. The number of hydrogen-bond acceptors (Lipinski definition) is 4. The van der Waals surface area contributed by atoms with Gasteiger partial charge in [-0.25, -0.2) is 9.07 Å². The predicted octanol–water partition coefficient (Wildman–Crippen LogP) is 3.05. The minimum absolute atomic E-state index is 0.266. The van der Waals surface area contributed by atoms with Crippen LogP contribution in [0.15, 0.2) is 60.9 Å². The Morgan fingerprint density at radius 3 is 2.53 bits per heavy atom. The van der Waals surface area contributed by atoms with Gasteiger partial charge in [-0.1, -0.05) is 12.1 Å². The molecule has 4 rings (SSSR count). The van der Waals surface area contributed by atoms with Crippen molar-refractivity contribution < 1.29 is 9.18 Å². The summed E-state index contributed by atoms with van der Waals surface area (Å²) < 4.78 is 15.8. The zero-order valence-electron chi connectivity index (χ0n) is 17.1. The van der Waals surface area contributed by atoms with E-state index in [9.17, 15) is 9.18 Å². The highest BCUT2D eigenvalue weighted by Crippen LogP contribution is 2.17. The molecule has 1 aromatic heterocycles. The molecule has 3 aromatic rings. The molecule has 2 heterocycles. The second-order valence-corrected chi connectivity index (χ2v) is 7.66. The van der Waals surface area contributed by atoms with Crippen LogP contribution in [0.2, 0.25) is 0 Å². The van der Waals surface area contributed by atoms with E-state index in [-0.39, 0.29) is 11.5 Å². The van der Waals surface area contributed by atoms with Crippen LogP contribution in [0.25, 0.3) is 5.69 Å². The van der Waals surface area contributed by atoms with Crippen molar-refractivity contribution in [2.75, 3.05) is 45.1 Å². The van der Waals surface area contributed by atoms with Crippen LogP contribution in [0.3, 0.4) is 0 Å². The number of halogens is 1. The van der Waals surface area contributed by atoms with E-state index in [1.165, 1.54) is 16.3 Å². The molecular weight excluding hydrogens is 381 g/mol. The normalized spacial score (nSPS) is 15.3. The minimum Gasteiger partial charge on any atom is -0.322 e. The number of aromatic nitrogens is 2. The maximum atomic E-state index is 14.4. The Morgan fingerprint density at radius 2 is 1.87 bits per heavy atom. The van der Waals surface area contributed by atoms with Crippen LogP contribution >= 0.6 is 0 Å². The lowest BCUT2D eigenvalue weighted by Crippen LogP contribution is -2.45. The third-order valence-electron chi connectivity index (χ3n) is 5.49. The van der Waals surface area contributed by atoms with Gasteiger partial charge in [-0.3, -0.25) is 4.79 Å². The fraction of sp³-hybridized carbons (Fsp3) is 0.304. The number of nitrogens with one attached hydrogen (secondary N) is 1. The van der Waals surface area contributed by atoms with Crippen molar-refractivity contribution in [2.24, 2.45) is 0 Å². The summed E-state index contributed by atoms with van der Waals surface area (Å²) in [4.78, 5) is 17.3. The number of carbonyl (C=O) groups is 1. The molecule has 1 amide bonds. The first kappa shape index (κ1) is 20.3. The van der Waals surface area contributed by atoms with Crippen molar-refractivity contribution in [3.05, 3.63) is 77.9 Å². The third kappa shape index (κ3) is 4.93. The van der Waals surface area contributed by atoms with Crippen LogP contribution in [0.4, 0.5) is 10.1 Å². The summed E-state index contributed by atoms with van der Waals surface area (Å²) in [6, 6.07) is 14.0. The number of benzene rings is 2. The summed E-state index contributed by atoms with van der Waals surface area (Å²) in [6.45, 7) is 5.51. The molecule has 1 aliphatic heterocycles. The average Bonchev–Trinajstić information content (AvgIpc) is 3.29. The number of rotatable bonds is 6. The van der Waals surface area contributed by atoms with Gasteiger partial charge in [0.2, 0.25) is 0 Å². The topological polar surface area (TPSA) is 53.4 Å². The molecule has 1 saturated heterocycles. The summed E-state index contributed by atoms with van der Waals surface area (Å²) in [7, 11) is 2.16. The fourth-order valence-electron chi connectivity index (χ4n) is 3.56. The Morgan fingerprint density at radius 1 is 1.10 bits per heavy atom. The summed E-state index contributed by atoms with van der Waals surface area (Å²) in [5, 5.41) is 6.85. The van der Waals surface area contributed by atoms with Gasteiger partial charge in [-0.2, -0.15) is 5.10 Å². The van der Waals surface area contributed by atoms with Crippen molar-refractivity contribution in [3.8, 4) is 5.69 Å². The van der Waals surface area contributed by atoms with Gasteiger partial charge in [-0.15, -0.1) is 0 Å². The van der Waals surface area contributed by atoms with Crippen LogP contribution < -0.4 is 5.32 Å². The van der Waals surface area contributed by atoms with Crippen molar-refractivity contribution in [1.29, 1.82) is 0 Å². The van der Waals surface area contributed by atoms with Gasteiger partial charge < -0.3 is 15.1 Å². The summed E-state index contributed by atoms with van der Waals surface area (Å²) in [5.74, 6) is -0.836. The Kier molecular flexibility index (Phi) is 6.21. The van der Waals surface area contributed by atoms with E-state index in [1.54, 1.807) is 30.6 Å². The number of anilines is 1. The molecule has 0 saturated carbocycles. The lowest BCUT2D eigenvalue weighted by atomic mass is 10.1. The first-order valence-corrected chi connectivity index (χ1v) is 10.2. The summed E-state index contributed by atoms with van der Waals surface area (Å²) >= 11 is 0. The number of nitrogens with zero attached hydrogens (tertiary/aromatic N) is 4. The first-order valence-electron chi connectivity index (χ1n) is 10.2. The highest BCUT2D eigenvalue weighted by atomic mass is 19.1. The SMILES string of the molecule is CN1CCN(CCc2ccc(NC(=O)c3ccc(-n4cccn4)c(F)c3)cc2)CC1. The summed E-state index contributed by atoms with van der Waals surface area (Å²) in [5.41, 5.74) is 2.50. The average molecular weight is 407 g/mol. The molecule has 156 valence electrons. The molecular formula is C23H26FN5O. The molecule has 1 N–H and O–H groups in total. The van der Waals surface area contributed by atoms with Gasteiger partial charge in [-0.05, 0) is 55.4 Å². The fourth-order valence-corrected chi connectivity index (χ4v) is 3.56. The monoisotopic (exact) mass is 407 g/mol. The van der Waals surface area contributed by atoms with Crippen LogP contribution in [0, 0.1) is 5.82 Å². The van der Waals surface area contributed by atoms with Gasteiger partial charge in [0, 0.05) is 56.4 Å². The van der Waals surface area contributed by atoms with Crippen LogP contribution in [0.5, 0.6) is 0 Å². The standard InChI is InChI=1S/C23H26FN5O/c1-27-13-15-28(16-14-27)12-9-18-3-6-20(7-4-18)26-23(30)19-5-8-22(21(24)17-19)29-11-2-10-25-29/h2-8,10-11,17H,9,12-16H2,1H3,(H,26,30). The summed E-state index contributed by atoms with van der Waals surface area (Å²) in [6.07, 6.45) is 4.22. The smallest absolute Gasteiger partial charge is 0.255 e. The van der Waals surface area contributed by atoms with E-state index in [0.717, 1.165) is 39.1 Å². The first-order chi connectivity index (χ1) is 14.6. The quantitative estimate of drug-likeness (QED) is 0.683. The van der Waals surface area contributed by atoms with Crippen LogP contribution in [0.1, 0.15) is 15.9 Å². The van der Waals surface area contributed by atoms with Gasteiger partial charge >= 0.3 is 0 Å². The molecule has 2 aromatic carbocycles. The predicted molar refractivity (Wildman–Crippen MR) is 116 cm³/mol. The highest BCUT2D eigenvalue weighted by molar-refractivity contribution is 6.04. The number of carbonyl (C=O) groups excluding carboxylic acids is 1. The molecule has 0 spiro atoms. The molecule has 0 unspecified atom stereocenters. The number of piperazine rings is 1. The molecule has 1 aliphatic rings. The highest BCUT2D eigenvalue weighted by Gasteiger charge is 2.14. The van der Waals surface area contributed by atoms with Gasteiger partial charge in [0.1, 0.15) is 11.5 Å². The molecule has 0 bridgehead atoms. The third-order valence-corrected chi connectivity index (χ3v) is 5.49. The number of likely N-dealkylation sites (N-methyl/N-ethyl adjacent to an activating group) is 1. The zero-order valence-corrected chi connectivity index (χ0v) is 17.1. The lowest BCUT2D eigenvalue weighted by Gasteiger charge is -2.32. The van der Waals surface area contributed by atoms with Crippen molar-refractivity contribution in [3.63, 3.8) is 0 Å². The van der Waals surface area contributed by atoms with Crippen LogP contribution in [-0.2, 0) is 6.42 Å². The maximum Gasteiger partial charge on any atom is 0.255 e. The van der Waals surface area contributed by atoms with Crippen LogP contribution in [-0.4, -0.2) is 65.3 Å². The number of amides is 1. The van der Waals surface area contributed by atoms with E-state index < -0.39 is 5.82 Å². The van der Waals surface area contributed by atoms with E-state index in [4.69, 9.17) is 0 Å². The van der Waals surface area contributed by atoms with Crippen molar-refractivity contribution in [2.45, 2.75) is 6.42 Å². The lowest BCUT2D eigenvalue weighted by molar-refractivity contribution is 0.102. The number of hydrogen-bond donors (Lipinski definition) is 1. The Balaban J connectivity index is 1.33. The zero-order chi connectivity index (χ0) is 20.9.